The summed E-state index contributed by atoms with van der Waals surface area (Å²) < 4.78 is 38.4. The zero-order chi connectivity index (χ0) is 24.7. The number of hydrogen-bond donors (Lipinski definition) is 3. The Labute approximate surface area is 195 Å². The summed E-state index contributed by atoms with van der Waals surface area (Å²) >= 11 is 0. The van der Waals surface area contributed by atoms with Gasteiger partial charge in [0, 0.05) is 6.07 Å². The highest BCUT2D eigenvalue weighted by Crippen LogP contribution is 2.31. The molecule has 11 nitrogen and oxygen atoms in total. The molecule has 3 rings (SSSR count). The lowest BCUT2D eigenvalue weighted by Crippen LogP contribution is -2.14. The smallest absolute Gasteiger partial charge is 0.295 e. The first kappa shape index (κ1) is 24.3. The number of anilines is 2. The van der Waals surface area contributed by atoms with Crippen LogP contribution in [-0.4, -0.2) is 38.4 Å². The highest BCUT2D eigenvalue weighted by atomic mass is 32.2. The van der Waals surface area contributed by atoms with Crippen molar-refractivity contribution in [3.8, 4) is 17.2 Å². The van der Waals surface area contributed by atoms with Crippen molar-refractivity contribution in [1.82, 2.24) is 0 Å². The lowest BCUT2D eigenvalue weighted by Gasteiger charge is -2.12. The van der Waals surface area contributed by atoms with Crippen molar-refractivity contribution in [2.24, 2.45) is 5.10 Å². The third-order valence-electron chi connectivity index (χ3n) is 4.51. The molecule has 0 saturated carbocycles. The van der Waals surface area contributed by atoms with Crippen LogP contribution in [0.25, 0.3) is 0 Å². The number of nitro benzene ring substituents is 1. The second-order valence-corrected chi connectivity index (χ2v) is 8.45. The van der Waals surface area contributed by atoms with E-state index in [4.69, 9.17) is 9.47 Å². The number of benzene rings is 3. The Morgan fingerprint density at radius 2 is 1.85 bits per heavy atom. The Morgan fingerprint density at radius 1 is 1.09 bits per heavy atom. The highest BCUT2D eigenvalue weighted by Gasteiger charge is 2.22. The maximum absolute atomic E-state index is 12.8. The van der Waals surface area contributed by atoms with Crippen LogP contribution in [-0.2, 0) is 10.0 Å². The number of nitrogens with zero attached hydrogens (tertiary/aromatic N) is 2. The van der Waals surface area contributed by atoms with E-state index in [0.717, 1.165) is 6.07 Å². The molecule has 0 amide bonds. The predicted octanol–water partition coefficient (Wildman–Crippen LogP) is 3.95. The van der Waals surface area contributed by atoms with Crippen LogP contribution in [0.2, 0.25) is 0 Å². The molecule has 3 aromatic rings. The summed E-state index contributed by atoms with van der Waals surface area (Å²) in [5.41, 5.74) is 2.81. The number of nitrogens with one attached hydrogen (secondary N) is 2. The van der Waals surface area contributed by atoms with Crippen molar-refractivity contribution < 1.29 is 27.9 Å². The molecule has 0 spiro atoms. The number of phenols is 1. The van der Waals surface area contributed by atoms with E-state index in [-0.39, 0.29) is 27.8 Å². The molecule has 12 heteroatoms. The number of methoxy groups -OCH3 is 1. The van der Waals surface area contributed by atoms with Gasteiger partial charge >= 0.3 is 0 Å². The fourth-order valence-corrected chi connectivity index (χ4v) is 4.01. The summed E-state index contributed by atoms with van der Waals surface area (Å²) in [4.78, 5) is 10.6. The molecule has 0 atom stereocenters. The van der Waals surface area contributed by atoms with Crippen LogP contribution in [0.5, 0.6) is 17.2 Å². The van der Waals surface area contributed by atoms with Gasteiger partial charge in [0.1, 0.15) is 11.4 Å². The molecule has 0 aliphatic heterocycles. The molecule has 0 unspecified atom stereocenters. The first-order valence-corrected chi connectivity index (χ1v) is 11.4. The number of nitro groups is 1. The maximum Gasteiger partial charge on any atom is 0.295 e. The third-order valence-corrected chi connectivity index (χ3v) is 5.87. The quantitative estimate of drug-likeness (QED) is 0.221. The van der Waals surface area contributed by atoms with Crippen LogP contribution in [0, 0.1) is 10.1 Å². The molecule has 0 fully saturated rings. The SMILES string of the molecule is CCOc1cc(/C=N/Nc2ccc(S(=O)(=O)Nc3ccccc3OC)cc2[N+](=O)[O-])ccc1O. The minimum absolute atomic E-state index is 0.0127. The van der Waals surface area contributed by atoms with Gasteiger partial charge in [0.2, 0.25) is 0 Å². The van der Waals surface area contributed by atoms with Crippen molar-refractivity contribution in [1.29, 1.82) is 0 Å². The van der Waals surface area contributed by atoms with E-state index in [1.165, 1.54) is 37.6 Å². The van der Waals surface area contributed by atoms with Crippen molar-refractivity contribution in [2.45, 2.75) is 11.8 Å². The van der Waals surface area contributed by atoms with Crippen LogP contribution >= 0.6 is 0 Å². The van der Waals surface area contributed by atoms with E-state index < -0.39 is 20.6 Å². The van der Waals surface area contributed by atoms with E-state index in [9.17, 15) is 23.6 Å². The van der Waals surface area contributed by atoms with E-state index in [2.05, 4.69) is 15.2 Å². The van der Waals surface area contributed by atoms with E-state index in [1.54, 1.807) is 37.3 Å². The minimum atomic E-state index is -4.13. The summed E-state index contributed by atoms with van der Waals surface area (Å²) in [5, 5.41) is 25.3. The number of para-hydroxylation sites is 2. The normalized spacial score (nSPS) is 11.2. The zero-order valence-electron chi connectivity index (χ0n) is 18.3. The molecule has 0 aliphatic carbocycles. The number of hydrogen-bond acceptors (Lipinski definition) is 9. The van der Waals surface area contributed by atoms with Crippen LogP contribution in [0.15, 0.2) is 70.7 Å². The van der Waals surface area contributed by atoms with Crippen LogP contribution in [0.4, 0.5) is 17.1 Å². The van der Waals surface area contributed by atoms with Gasteiger partial charge in [0.05, 0.1) is 35.4 Å². The maximum atomic E-state index is 12.8. The second kappa shape index (κ2) is 10.5. The average molecular weight is 487 g/mol. The van der Waals surface area contributed by atoms with Crippen LogP contribution < -0.4 is 19.6 Å². The van der Waals surface area contributed by atoms with Crippen molar-refractivity contribution in [2.75, 3.05) is 23.9 Å². The number of aromatic hydroxyl groups is 1. The molecule has 0 saturated heterocycles. The number of ether oxygens (including phenoxy) is 2. The molecular weight excluding hydrogens is 464 g/mol. The molecular formula is C22H22N4O7S. The van der Waals surface area contributed by atoms with E-state index in [1.807, 2.05) is 0 Å². The van der Waals surface area contributed by atoms with Crippen LogP contribution in [0.3, 0.4) is 0 Å². The molecule has 34 heavy (non-hydrogen) atoms. The Hall–Kier alpha value is -4.32. The topological polar surface area (TPSA) is 152 Å². The zero-order valence-corrected chi connectivity index (χ0v) is 19.1. The molecule has 178 valence electrons. The Balaban J connectivity index is 1.84. The lowest BCUT2D eigenvalue weighted by atomic mass is 10.2. The number of hydrazone groups is 1. The summed E-state index contributed by atoms with van der Waals surface area (Å²) in [7, 11) is -2.74. The molecule has 3 aromatic carbocycles. The van der Waals surface area contributed by atoms with Gasteiger partial charge in [-0.1, -0.05) is 12.1 Å². The van der Waals surface area contributed by atoms with Gasteiger partial charge < -0.3 is 14.6 Å². The molecule has 3 N–H and O–H groups in total. The lowest BCUT2D eigenvalue weighted by molar-refractivity contribution is -0.384. The Kier molecular flexibility index (Phi) is 7.53. The van der Waals surface area contributed by atoms with Crippen molar-refractivity contribution in [3.05, 3.63) is 76.3 Å². The Morgan fingerprint density at radius 3 is 2.56 bits per heavy atom. The molecule has 0 heterocycles. The average Bonchev–Trinajstić information content (AvgIpc) is 2.81. The van der Waals surface area contributed by atoms with Crippen molar-refractivity contribution >= 4 is 33.3 Å². The van der Waals surface area contributed by atoms with Gasteiger partial charge in [-0.25, -0.2) is 8.42 Å². The Bertz CT molecular complexity index is 1330. The summed E-state index contributed by atoms with van der Waals surface area (Å²) in [6, 6.07) is 14.4. The number of phenolic OH excluding ortho intramolecular Hbond substituents is 1. The molecule has 0 bridgehead atoms. The minimum Gasteiger partial charge on any atom is -0.504 e. The van der Waals surface area contributed by atoms with E-state index >= 15 is 0 Å². The predicted molar refractivity (Wildman–Crippen MR) is 127 cm³/mol. The van der Waals surface area contributed by atoms with Gasteiger partial charge in [0.25, 0.3) is 15.7 Å². The second-order valence-electron chi connectivity index (χ2n) is 6.77. The van der Waals surface area contributed by atoms with Crippen LogP contribution in [0.1, 0.15) is 12.5 Å². The van der Waals surface area contributed by atoms with Gasteiger partial charge in [0.15, 0.2) is 11.5 Å². The first-order chi connectivity index (χ1) is 16.2. The molecule has 0 aromatic heterocycles. The largest absolute Gasteiger partial charge is 0.504 e. The van der Waals surface area contributed by atoms with Gasteiger partial charge in [-0.3, -0.25) is 20.3 Å². The standard InChI is InChI=1S/C22H22N4O7S/c1-3-33-22-12-15(8-11-20(22)27)14-23-24-17-10-9-16(13-19(17)26(28)29)34(30,31)25-18-6-4-5-7-21(18)32-2/h4-14,24-25,27H,3H2,1-2H3/b23-14+. The third kappa shape index (κ3) is 5.72. The highest BCUT2D eigenvalue weighted by molar-refractivity contribution is 7.92. The van der Waals surface area contributed by atoms with E-state index in [0.29, 0.717) is 17.9 Å². The number of sulfonamides is 1. The fraction of sp³-hybridized carbons (Fsp3) is 0.136. The van der Waals surface area contributed by atoms with Crippen molar-refractivity contribution in [3.63, 3.8) is 0 Å². The summed E-state index contributed by atoms with van der Waals surface area (Å²) in [6.45, 7) is 2.14. The van der Waals surface area contributed by atoms with Gasteiger partial charge in [-0.15, -0.1) is 0 Å². The van der Waals surface area contributed by atoms with Gasteiger partial charge in [-0.05, 0) is 55.0 Å². The first-order valence-electron chi connectivity index (χ1n) is 9.94. The summed E-state index contributed by atoms with van der Waals surface area (Å²) in [5.74, 6) is 0.547. The fourth-order valence-electron chi connectivity index (χ4n) is 2.92. The molecule has 0 radical (unpaired) electrons. The summed E-state index contributed by atoms with van der Waals surface area (Å²) in [6.07, 6.45) is 1.37. The monoisotopic (exact) mass is 486 g/mol. The molecule has 0 aliphatic rings. The number of rotatable bonds is 10. The van der Waals surface area contributed by atoms with Gasteiger partial charge in [-0.2, -0.15) is 5.10 Å².